The van der Waals surface area contributed by atoms with E-state index in [0.29, 0.717) is 16.9 Å². The number of carbonyl (C=O) groups is 1. The first-order chi connectivity index (χ1) is 12.2. The van der Waals surface area contributed by atoms with Gasteiger partial charge in [0.2, 0.25) is 0 Å². The standard InChI is InChI=1S/C15H16F3N7O/c1-9(7-24-12(15(16,17)18)5-10(2)21-24)6-19-14(26)11-3-4-13-20-22-23-25(13)8-11/h3-5,8-9H,6-7H2,1-2H3,(H,19,26)/t9-/m0/s1. The largest absolute Gasteiger partial charge is 0.433 e. The molecule has 3 heterocycles. The number of halogens is 3. The number of carbonyl (C=O) groups excluding carboxylic acids is 1. The third-order valence-electron chi connectivity index (χ3n) is 3.74. The summed E-state index contributed by atoms with van der Waals surface area (Å²) in [6.45, 7) is 3.48. The number of pyridine rings is 1. The van der Waals surface area contributed by atoms with Crippen molar-refractivity contribution in [2.75, 3.05) is 6.54 Å². The van der Waals surface area contributed by atoms with Crippen molar-refractivity contribution in [2.45, 2.75) is 26.6 Å². The number of nitrogens with one attached hydrogen (secondary N) is 1. The van der Waals surface area contributed by atoms with Gasteiger partial charge < -0.3 is 5.32 Å². The Labute approximate surface area is 146 Å². The second-order valence-electron chi connectivity index (χ2n) is 6.07. The molecule has 0 unspecified atom stereocenters. The molecule has 0 spiro atoms. The van der Waals surface area contributed by atoms with Gasteiger partial charge in [-0.1, -0.05) is 6.92 Å². The first kappa shape index (κ1) is 17.8. The molecule has 1 amide bonds. The predicted octanol–water partition coefficient (Wildman–Crippen LogP) is 1.71. The Morgan fingerprint density at radius 3 is 2.85 bits per heavy atom. The second kappa shape index (κ2) is 6.73. The molecule has 0 aliphatic carbocycles. The van der Waals surface area contributed by atoms with Crippen molar-refractivity contribution >= 4 is 11.6 Å². The number of amides is 1. The summed E-state index contributed by atoms with van der Waals surface area (Å²) in [6.07, 6.45) is -2.99. The molecule has 0 fully saturated rings. The average molecular weight is 367 g/mol. The molecule has 1 atom stereocenters. The van der Waals surface area contributed by atoms with Gasteiger partial charge in [0.25, 0.3) is 5.91 Å². The monoisotopic (exact) mass is 367 g/mol. The molecule has 0 aliphatic rings. The lowest BCUT2D eigenvalue weighted by Crippen LogP contribution is -2.31. The summed E-state index contributed by atoms with van der Waals surface area (Å²) < 4.78 is 41.3. The Bertz CT molecular complexity index is 931. The summed E-state index contributed by atoms with van der Waals surface area (Å²) in [4.78, 5) is 12.2. The van der Waals surface area contributed by atoms with Crippen LogP contribution in [0, 0.1) is 12.8 Å². The van der Waals surface area contributed by atoms with Crippen LogP contribution in [0.1, 0.15) is 28.7 Å². The minimum absolute atomic E-state index is 0.0367. The lowest BCUT2D eigenvalue weighted by molar-refractivity contribution is -0.144. The maximum absolute atomic E-state index is 13.0. The molecule has 3 aromatic rings. The molecule has 26 heavy (non-hydrogen) atoms. The number of tetrazole rings is 1. The van der Waals surface area contributed by atoms with Crippen molar-refractivity contribution in [1.82, 2.24) is 35.1 Å². The topological polar surface area (TPSA) is 90.0 Å². The van der Waals surface area contributed by atoms with E-state index in [1.165, 1.54) is 17.6 Å². The fraction of sp³-hybridized carbons (Fsp3) is 0.400. The average Bonchev–Trinajstić information content (AvgIpc) is 3.17. The van der Waals surface area contributed by atoms with E-state index >= 15 is 0 Å². The Morgan fingerprint density at radius 2 is 2.12 bits per heavy atom. The Hall–Kier alpha value is -2.98. The normalized spacial score (nSPS) is 13.1. The highest BCUT2D eigenvalue weighted by Gasteiger charge is 2.35. The molecule has 0 aromatic carbocycles. The van der Waals surface area contributed by atoms with Gasteiger partial charge in [-0.05, 0) is 41.5 Å². The number of alkyl halides is 3. The van der Waals surface area contributed by atoms with Crippen LogP contribution in [0.25, 0.3) is 5.65 Å². The summed E-state index contributed by atoms with van der Waals surface area (Å²) in [5.41, 5.74) is 0.354. The number of rotatable bonds is 5. The van der Waals surface area contributed by atoms with Crippen LogP contribution in [-0.2, 0) is 12.7 Å². The number of aryl methyl sites for hydroxylation is 1. The van der Waals surface area contributed by atoms with Crippen molar-refractivity contribution in [3.8, 4) is 0 Å². The molecule has 0 bridgehead atoms. The van der Waals surface area contributed by atoms with Crippen molar-refractivity contribution in [2.24, 2.45) is 5.92 Å². The van der Waals surface area contributed by atoms with E-state index in [4.69, 9.17) is 0 Å². The molecular formula is C15H16F3N7O. The van der Waals surface area contributed by atoms with E-state index in [0.717, 1.165) is 10.7 Å². The zero-order valence-corrected chi connectivity index (χ0v) is 14.0. The van der Waals surface area contributed by atoms with Crippen LogP contribution in [-0.4, -0.2) is 42.3 Å². The zero-order valence-electron chi connectivity index (χ0n) is 14.0. The molecule has 0 saturated heterocycles. The molecule has 3 aromatic heterocycles. The highest BCUT2D eigenvalue weighted by molar-refractivity contribution is 5.94. The molecule has 11 heteroatoms. The number of aromatic nitrogens is 6. The van der Waals surface area contributed by atoms with E-state index in [9.17, 15) is 18.0 Å². The van der Waals surface area contributed by atoms with Crippen LogP contribution >= 0.6 is 0 Å². The van der Waals surface area contributed by atoms with Gasteiger partial charge in [0.15, 0.2) is 5.65 Å². The van der Waals surface area contributed by atoms with E-state index in [2.05, 4.69) is 25.9 Å². The van der Waals surface area contributed by atoms with Crippen LogP contribution in [0.4, 0.5) is 13.2 Å². The summed E-state index contributed by atoms with van der Waals surface area (Å²) >= 11 is 0. The highest BCUT2D eigenvalue weighted by Crippen LogP contribution is 2.30. The predicted molar refractivity (Wildman–Crippen MR) is 84.2 cm³/mol. The molecule has 138 valence electrons. The summed E-state index contributed by atoms with van der Waals surface area (Å²) in [7, 11) is 0. The van der Waals surface area contributed by atoms with E-state index in [1.807, 2.05) is 0 Å². The van der Waals surface area contributed by atoms with Gasteiger partial charge in [0.05, 0.1) is 11.3 Å². The maximum Gasteiger partial charge on any atom is 0.433 e. The van der Waals surface area contributed by atoms with Gasteiger partial charge in [-0.2, -0.15) is 22.8 Å². The quantitative estimate of drug-likeness (QED) is 0.742. The minimum atomic E-state index is -4.47. The second-order valence-corrected chi connectivity index (χ2v) is 6.07. The summed E-state index contributed by atoms with van der Waals surface area (Å²) in [5.74, 6) is -0.613. The lowest BCUT2D eigenvalue weighted by atomic mass is 10.1. The molecule has 0 saturated carbocycles. The van der Waals surface area contributed by atoms with E-state index in [1.54, 1.807) is 19.1 Å². The molecule has 3 rings (SSSR count). The number of hydrogen-bond acceptors (Lipinski definition) is 5. The summed E-state index contributed by atoms with van der Waals surface area (Å²) in [5, 5.41) is 17.5. The van der Waals surface area contributed by atoms with Crippen LogP contribution in [0.15, 0.2) is 24.4 Å². The van der Waals surface area contributed by atoms with Crippen LogP contribution in [0.2, 0.25) is 0 Å². The smallest absolute Gasteiger partial charge is 0.352 e. The van der Waals surface area contributed by atoms with Gasteiger partial charge >= 0.3 is 6.18 Å². The number of nitrogens with zero attached hydrogens (tertiary/aromatic N) is 6. The first-order valence-electron chi connectivity index (χ1n) is 7.81. The molecule has 0 radical (unpaired) electrons. The third-order valence-corrected chi connectivity index (χ3v) is 3.74. The fourth-order valence-corrected chi connectivity index (χ4v) is 2.52. The maximum atomic E-state index is 13.0. The molecule has 8 nitrogen and oxygen atoms in total. The van der Waals surface area contributed by atoms with Crippen LogP contribution in [0.3, 0.4) is 0 Å². The Morgan fingerprint density at radius 1 is 1.35 bits per heavy atom. The van der Waals surface area contributed by atoms with Crippen molar-refractivity contribution in [3.05, 3.63) is 41.3 Å². The van der Waals surface area contributed by atoms with Gasteiger partial charge in [0.1, 0.15) is 5.69 Å². The van der Waals surface area contributed by atoms with Crippen molar-refractivity contribution in [1.29, 1.82) is 0 Å². The zero-order chi connectivity index (χ0) is 18.9. The molecular weight excluding hydrogens is 351 g/mol. The van der Waals surface area contributed by atoms with Crippen molar-refractivity contribution < 1.29 is 18.0 Å². The Kier molecular flexibility index (Phi) is 4.62. The van der Waals surface area contributed by atoms with E-state index < -0.39 is 11.9 Å². The van der Waals surface area contributed by atoms with Gasteiger partial charge in [-0.15, -0.1) is 5.10 Å². The summed E-state index contributed by atoms with van der Waals surface area (Å²) in [6, 6.07) is 4.18. The number of fused-ring (bicyclic) bond motifs is 1. The lowest BCUT2D eigenvalue weighted by Gasteiger charge is -2.16. The van der Waals surface area contributed by atoms with Gasteiger partial charge in [-0.25, -0.2) is 0 Å². The van der Waals surface area contributed by atoms with Crippen LogP contribution in [0.5, 0.6) is 0 Å². The molecule has 0 aliphatic heterocycles. The van der Waals surface area contributed by atoms with Gasteiger partial charge in [0, 0.05) is 19.3 Å². The van der Waals surface area contributed by atoms with Crippen molar-refractivity contribution in [3.63, 3.8) is 0 Å². The number of hydrogen-bond donors (Lipinski definition) is 1. The Balaban J connectivity index is 1.62. The highest BCUT2D eigenvalue weighted by atomic mass is 19.4. The van der Waals surface area contributed by atoms with Crippen LogP contribution < -0.4 is 5.32 Å². The van der Waals surface area contributed by atoms with E-state index in [-0.39, 0.29) is 24.9 Å². The third kappa shape index (κ3) is 3.81. The fourth-order valence-electron chi connectivity index (χ4n) is 2.52. The van der Waals surface area contributed by atoms with Gasteiger partial charge in [-0.3, -0.25) is 9.48 Å². The molecule has 1 N–H and O–H groups in total. The SMILES string of the molecule is Cc1cc(C(F)(F)F)n(C[C@@H](C)CNC(=O)c2ccc3nnnn3c2)n1. The minimum Gasteiger partial charge on any atom is -0.352 e. The first-order valence-corrected chi connectivity index (χ1v) is 7.81.